The van der Waals surface area contributed by atoms with E-state index < -0.39 is 0 Å². The number of alkyl halides is 1. The van der Waals surface area contributed by atoms with Crippen LogP contribution in [0.3, 0.4) is 0 Å². The lowest BCUT2D eigenvalue weighted by atomic mass is 9.83. The Labute approximate surface area is 68.5 Å². The smallest absolute Gasteiger partial charge is 0.0931 e. The van der Waals surface area contributed by atoms with E-state index in [0.29, 0.717) is 18.3 Å². The molecule has 0 aromatic carbocycles. The molecule has 0 saturated carbocycles. The van der Waals surface area contributed by atoms with Crippen LogP contribution in [-0.4, -0.2) is 6.67 Å². The Balaban J connectivity index is 2.56. The highest BCUT2D eigenvalue weighted by Crippen LogP contribution is 2.29. The van der Waals surface area contributed by atoms with Gasteiger partial charge in [-0.1, -0.05) is 25.5 Å². The third-order valence-electron chi connectivity index (χ3n) is 2.57. The molecule has 0 aromatic heterocycles. The van der Waals surface area contributed by atoms with Gasteiger partial charge in [-0.3, -0.25) is 4.39 Å². The predicted molar refractivity (Wildman–Crippen MR) is 46.2 cm³/mol. The summed E-state index contributed by atoms with van der Waals surface area (Å²) in [6, 6.07) is 0. The quantitative estimate of drug-likeness (QED) is 0.538. The van der Waals surface area contributed by atoms with Crippen molar-refractivity contribution < 1.29 is 4.39 Å². The number of allylic oxidation sites excluding steroid dienone is 2. The summed E-state index contributed by atoms with van der Waals surface area (Å²) in [6.45, 7) is 4.22. The molecule has 0 aromatic rings. The lowest BCUT2D eigenvalue weighted by Gasteiger charge is -2.23. The Bertz CT molecular complexity index is 149. The van der Waals surface area contributed by atoms with E-state index in [2.05, 4.69) is 19.9 Å². The van der Waals surface area contributed by atoms with Gasteiger partial charge in [0.15, 0.2) is 0 Å². The second-order valence-corrected chi connectivity index (χ2v) is 3.64. The van der Waals surface area contributed by atoms with Crippen molar-refractivity contribution in [3.05, 3.63) is 11.6 Å². The highest BCUT2D eigenvalue weighted by molar-refractivity contribution is 5.10. The molecule has 0 saturated heterocycles. The van der Waals surface area contributed by atoms with Crippen LogP contribution >= 0.6 is 0 Å². The van der Waals surface area contributed by atoms with Crippen LogP contribution in [0.2, 0.25) is 0 Å². The summed E-state index contributed by atoms with van der Waals surface area (Å²) in [5, 5.41) is 0. The molecule has 0 nitrogen and oxygen atoms in total. The molecular formula is C10H17F. The molecule has 0 bridgehead atoms. The maximum absolute atomic E-state index is 12.0. The molecule has 0 aliphatic heterocycles. The van der Waals surface area contributed by atoms with Crippen molar-refractivity contribution in [1.82, 2.24) is 0 Å². The molecule has 0 amide bonds. The van der Waals surface area contributed by atoms with Crippen molar-refractivity contribution in [2.45, 2.75) is 33.1 Å². The van der Waals surface area contributed by atoms with Crippen LogP contribution in [-0.2, 0) is 0 Å². The molecule has 0 N–H and O–H groups in total. The molecule has 1 aliphatic rings. The molecule has 0 fully saturated rings. The summed E-state index contributed by atoms with van der Waals surface area (Å²) in [7, 11) is 0. The van der Waals surface area contributed by atoms with Crippen LogP contribution in [0.15, 0.2) is 11.6 Å². The Morgan fingerprint density at radius 1 is 1.45 bits per heavy atom. The van der Waals surface area contributed by atoms with Crippen molar-refractivity contribution in [2.24, 2.45) is 11.8 Å². The monoisotopic (exact) mass is 156 g/mol. The van der Waals surface area contributed by atoms with Gasteiger partial charge in [0.25, 0.3) is 0 Å². The standard InChI is InChI=1S/C10H17F/c1-8-3-4-9(2)10(7-8)5-6-11/h7-9H,3-6H2,1-2H3. The molecule has 2 unspecified atom stereocenters. The fourth-order valence-electron chi connectivity index (χ4n) is 1.75. The summed E-state index contributed by atoms with van der Waals surface area (Å²) in [6.07, 6.45) is 5.43. The van der Waals surface area contributed by atoms with Gasteiger partial charge in [-0.05, 0) is 31.1 Å². The topological polar surface area (TPSA) is 0 Å². The van der Waals surface area contributed by atoms with E-state index in [4.69, 9.17) is 0 Å². The van der Waals surface area contributed by atoms with Crippen molar-refractivity contribution in [3.63, 3.8) is 0 Å². The van der Waals surface area contributed by atoms with Crippen LogP contribution in [0.25, 0.3) is 0 Å². The van der Waals surface area contributed by atoms with Gasteiger partial charge < -0.3 is 0 Å². The molecule has 0 heterocycles. The molecular weight excluding hydrogens is 139 g/mol. The molecule has 0 radical (unpaired) electrons. The Kier molecular flexibility index (Phi) is 3.10. The van der Waals surface area contributed by atoms with E-state index in [1.165, 1.54) is 18.4 Å². The van der Waals surface area contributed by atoms with Crippen LogP contribution in [0.5, 0.6) is 0 Å². The van der Waals surface area contributed by atoms with E-state index in [0.717, 1.165) is 0 Å². The van der Waals surface area contributed by atoms with E-state index >= 15 is 0 Å². The van der Waals surface area contributed by atoms with Crippen LogP contribution < -0.4 is 0 Å². The normalized spacial score (nSPS) is 31.7. The maximum Gasteiger partial charge on any atom is 0.0931 e. The maximum atomic E-state index is 12.0. The third kappa shape index (κ3) is 2.32. The van der Waals surface area contributed by atoms with E-state index in [1.807, 2.05) is 0 Å². The second kappa shape index (κ2) is 3.89. The van der Waals surface area contributed by atoms with Gasteiger partial charge >= 0.3 is 0 Å². The summed E-state index contributed by atoms with van der Waals surface area (Å²) in [4.78, 5) is 0. The first-order chi connectivity index (χ1) is 5.24. The molecule has 1 aliphatic carbocycles. The SMILES string of the molecule is CC1C=C(CCF)C(C)CC1. The molecule has 2 atom stereocenters. The fraction of sp³-hybridized carbons (Fsp3) is 0.800. The van der Waals surface area contributed by atoms with E-state index in [9.17, 15) is 4.39 Å². The minimum absolute atomic E-state index is 0.192. The molecule has 1 rings (SSSR count). The zero-order chi connectivity index (χ0) is 8.27. The number of hydrogen-bond acceptors (Lipinski definition) is 0. The van der Waals surface area contributed by atoms with Gasteiger partial charge in [0.2, 0.25) is 0 Å². The number of hydrogen-bond donors (Lipinski definition) is 0. The van der Waals surface area contributed by atoms with Crippen LogP contribution in [0.4, 0.5) is 4.39 Å². The minimum Gasteiger partial charge on any atom is -0.251 e. The Morgan fingerprint density at radius 2 is 2.18 bits per heavy atom. The zero-order valence-corrected chi connectivity index (χ0v) is 7.44. The highest BCUT2D eigenvalue weighted by Gasteiger charge is 2.15. The van der Waals surface area contributed by atoms with Gasteiger partial charge in [-0.25, -0.2) is 0 Å². The second-order valence-electron chi connectivity index (χ2n) is 3.64. The zero-order valence-electron chi connectivity index (χ0n) is 7.44. The van der Waals surface area contributed by atoms with Gasteiger partial charge in [0.1, 0.15) is 0 Å². The lowest BCUT2D eigenvalue weighted by molar-refractivity contribution is 0.430. The Morgan fingerprint density at radius 3 is 2.82 bits per heavy atom. The highest BCUT2D eigenvalue weighted by atomic mass is 19.1. The number of halogens is 1. The average molecular weight is 156 g/mol. The van der Waals surface area contributed by atoms with Gasteiger partial charge in [-0.2, -0.15) is 0 Å². The fourth-order valence-corrected chi connectivity index (χ4v) is 1.75. The first-order valence-electron chi connectivity index (χ1n) is 4.50. The van der Waals surface area contributed by atoms with Crippen molar-refractivity contribution in [1.29, 1.82) is 0 Å². The van der Waals surface area contributed by atoms with E-state index in [-0.39, 0.29) is 6.67 Å². The van der Waals surface area contributed by atoms with E-state index in [1.54, 1.807) is 0 Å². The summed E-state index contributed by atoms with van der Waals surface area (Å²) < 4.78 is 12.0. The third-order valence-corrected chi connectivity index (χ3v) is 2.57. The van der Waals surface area contributed by atoms with Gasteiger partial charge in [0, 0.05) is 0 Å². The molecule has 11 heavy (non-hydrogen) atoms. The summed E-state index contributed by atoms with van der Waals surface area (Å²) in [5.41, 5.74) is 1.34. The average Bonchev–Trinajstić information content (AvgIpc) is 1.98. The van der Waals surface area contributed by atoms with Crippen molar-refractivity contribution in [2.75, 3.05) is 6.67 Å². The largest absolute Gasteiger partial charge is 0.251 e. The van der Waals surface area contributed by atoms with Gasteiger partial charge in [-0.15, -0.1) is 0 Å². The summed E-state index contributed by atoms with van der Waals surface area (Å²) >= 11 is 0. The van der Waals surface area contributed by atoms with Crippen LogP contribution in [0.1, 0.15) is 33.1 Å². The number of rotatable bonds is 2. The first-order valence-corrected chi connectivity index (χ1v) is 4.50. The Hall–Kier alpha value is -0.330. The van der Waals surface area contributed by atoms with Crippen LogP contribution in [0, 0.1) is 11.8 Å². The molecule has 0 spiro atoms. The molecule has 64 valence electrons. The van der Waals surface area contributed by atoms with Gasteiger partial charge in [0.05, 0.1) is 6.67 Å². The van der Waals surface area contributed by atoms with Crippen molar-refractivity contribution >= 4 is 0 Å². The predicted octanol–water partition coefficient (Wildman–Crippen LogP) is 3.34. The first kappa shape index (κ1) is 8.76. The minimum atomic E-state index is -0.192. The lowest BCUT2D eigenvalue weighted by Crippen LogP contribution is -2.10. The van der Waals surface area contributed by atoms with Crippen molar-refractivity contribution in [3.8, 4) is 0 Å². The molecule has 1 heteroatoms. The summed E-state index contributed by atoms with van der Waals surface area (Å²) in [5.74, 6) is 1.30.